The van der Waals surface area contributed by atoms with Gasteiger partial charge in [0, 0.05) is 50.3 Å². The van der Waals surface area contributed by atoms with Crippen molar-refractivity contribution < 1.29 is 0 Å². The van der Waals surface area contributed by atoms with Crippen LogP contribution in [0.4, 0.5) is 11.4 Å². The molecule has 0 saturated carbocycles. The number of aromatic nitrogens is 1. The summed E-state index contributed by atoms with van der Waals surface area (Å²) in [6.07, 6.45) is 2.95. The Kier molecular flexibility index (Phi) is 3.80. The van der Waals surface area contributed by atoms with Gasteiger partial charge in [0.15, 0.2) is 0 Å². The number of rotatable bonds is 4. The molecule has 4 heteroatoms. The van der Waals surface area contributed by atoms with Crippen molar-refractivity contribution in [2.75, 3.05) is 11.1 Å². The van der Waals surface area contributed by atoms with Crippen molar-refractivity contribution in [3.05, 3.63) is 52.0 Å². The van der Waals surface area contributed by atoms with Crippen molar-refractivity contribution >= 4 is 33.5 Å². The van der Waals surface area contributed by atoms with Crippen LogP contribution in [0.25, 0.3) is 10.8 Å². The molecule has 0 saturated heterocycles. The monoisotopic (exact) mass is 297 g/mol. The van der Waals surface area contributed by atoms with Crippen LogP contribution in [0.3, 0.4) is 0 Å². The molecule has 0 fully saturated rings. The Labute approximate surface area is 128 Å². The van der Waals surface area contributed by atoms with Crippen LogP contribution in [0.2, 0.25) is 0 Å². The molecule has 108 valence electrons. The third-order valence-corrected chi connectivity index (χ3v) is 4.82. The quantitative estimate of drug-likeness (QED) is 0.703. The third kappa shape index (κ3) is 2.85. The summed E-state index contributed by atoms with van der Waals surface area (Å²) in [6, 6.07) is 10.5. The molecule has 0 radical (unpaired) electrons. The first-order valence-corrected chi connectivity index (χ1v) is 7.95. The highest BCUT2D eigenvalue weighted by Gasteiger charge is 2.06. The van der Waals surface area contributed by atoms with Crippen molar-refractivity contribution in [2.45, 2.75) is 26.8 Å². The molecule has 0 spiro atoms. The molecule has 0 aliphatic heterocycles. The van der Waals surface area contributed by atoms with Crippen LogP contribution in [0.15, 0.2) is 36.5 Å². The number of hydrogen-bond acceptors (Lipinski definition) is 4. The van der Waals surface area contributed by atoms with Gasteiger partial charge in [0.2, 0.25) is 0 Å². The lowest BCUT2D eigenvalue weighted by Crippen LogP contribution is -2.00. The van der Waals surface area contributed by atoms with E-state index in [-0.39, 0.29) is 0 Å². The van der Waals surface area contributed by atoms with Crippen molar-refractivity contribution in [3.63, 3.8) is 0 Å². The van der Waals surface area contributed by atoms with Crippen LogP contribution in [0.1, 0.15) is 22.4 Å². The number of aryl methyl sites for hydroxylation is 2. The van der Waals surface area contributed by atoms with E-state index in [1.165, 1.54) is 9.75 Å². The zero-order valence-electron chi connectivity index (χ0n) is 12.3. The molecule has 0 aliphatic rings. The van der Waals surface area contributed by atoms with Crippen LogP contribution in [0.5, 0.6) is 0 Å². The molecule has 3 N–H and O–H groups in total. The Morgan fingerprint density at radius 1 is 1.14 bits per heavy atom. The van der Waals surface area contributed by atoms with Crippen LogP contribution in [-0.4, -0.2) is 4.98 Å². The van der Waals surface area contributed by atoms with E-state index < -0.39 is 0 Å². The maximum Gasteiger partial charge on any atom is 0.0494 e. The number of benzene rings is 1. The van der Waals surface area contributed by atoms with Crippen molar-refractivity contribution in [2.24, 2.45) is 0 Å². The van der Waals surface area contributed by atoms with Gasteiger partial charge in [-0.1, -0.05) is 6.92 Å². The van der Waals surface area contributed by atoms with Crippen LogP contribution in [0, 0.1) is 6.92 Å². The summed E-state index contributed by atoms with van der Waals surface area (Å²) in [4.78, 5) is 7.11. The summed E-state index contributed by atoms with van der Waals surface area (Å²) in [5.74, 6) is 0. The Hall–Kier alpha value is -2.07. The normalized spacial score (nSPS) is 11.0. The van der Waals surface area contributed by atoms with Crippen LogP contribution >= 0.6 is 11.3 Å². The van der Waals surface area contributed by atoms with E-state index >= 15 is 0 Å². The lowest BCUT2D eigenvalue weighted by molar-refractivity contribution is 1.19. The van der Waals surface area contributed by atoms with Gasteiger partial charge in [-0.15, -0.1) is 11.3 Å². The largest absolute Gasteiger partial charge is 0.398 e. The number of thiophene rings is 1. The first-order chi connectivity index (χ1) is 10.2. The first kappa shape index (κ1) is 13.9. The minimum atomic E-state index is 0.771. The zero-order valence-corrected chi connectivity index (χ0v) is 13.1. The molecular formula is C17H19N3S. The first-order valence-electron chi connectivity index (χ1n) is 7.13. The molecule has 0 aliphatic carbocycles. The molecule has 2 heterocycles. The molecular weight excluding hydrogens is 278 g/mol. The maximum absolute atomic E-state index is 6.04. The van der Waals surface area contributed by atoms with E-state index in [0.717, 1.165) is 40.8 Å². The summed E-state index contributed by atoms with van der Waals surface area (Å²) in [5, 5.41) is 5.66. The molecule has 0 unspecified atom stereocenters. The van der Waals surface area contributed by atoms with E-state index in [2.05, 4.69) is 35.4 Å². The number of nitrogens with one attached hydrogen (secondary N) is 1. The smallest absolute Gasteiger partial charge is 0.0494 e. The predicted molar refractivity (Wildman–Crippen MR) is 91.9 cm³/mol. The van der Waals surface area contributed by atoms with Gasteiger partial charge in [-0.25, -0.2) is 0 Å². The lowest BCUT2D eigenvalue weighted by atomic mass is 10.1. The molecule has 0 amide bonds. The van der Waals surface area contributed by atoms with Crippen molar-refractivity contribution in [1.82, 2.24) is 4.98 Å². The number of anilines is 2. The summed E-state index contributed by atoms with van der Waals surface area (Å²) in [7, 11) is 0. The summed E-state index contributed by atoms with van der Waals surface area (Å²) in [6.45, 7) is 5.02. The number of nitrogen functional groups attached to an aromatic ring is 1. The van der Waals surface area contributed by atoms with Gasteiger partial charge in [0.25, 0.3) is 0 Å². The zero-order chi connectivity index (χ0) is 14.8. The second-order valence-electron chi connectivity index (χ2n) is 5.15. The number of nitrogens with two attached hydrogens (primary N) is 1. The number of fused-ring (bicyclic) bond motifs is 1. The molecule has 21 heavy (non-hydrogen) atoms. The van der Waals surface area contributed by atoms with E-state index in [1.54, 1.807) is 0 Å². The topological polar surface area (TPSA) is 50.9 Å². The Morgan fingerprint density at radius 2 is 1.95 bits per heavy atom. The number of nitrogens with zero attached hydrogens (tertiary/aromatic N) is 1. The fourth-order valence-electron chi connectivity index (χ4n) is 2.41. The van der Waals surface area contributed by atoms with E-state index in [4.69, 9.17) is 5.73 Å². The molecule has 2 aromatic heterocycles. The Balaban J connectivity index is 1.89. The average Bonchev–Trinajstić information content (AvgIpc) is 2.94. The lowest BCUT2D eigenvalue weighted by Gasteiger charge is -2.11. The second-order valence-corrected chi connectivity index (χ2v) is 6.40. The minimum absolute atomic E-state index is 0.771. The van der Waals surface area contributed by atoms with Gasteiger partial charge in [0.1, 0.15) is 0 Å². The molecule has 1 aromatic carbocycles. The van der Waals surface area contributed by atoms with E-state index in [0.29, 0.717) is 0 Å². The second kappa shape index (κ2) is 5.74. The number of pyridine rings is 1. The SMILES string of the molecule is CCc1ccc(CNc2ccc(N)c3cnc(C)cc23)s1. The highest BCUT2D eigenvalue weighted by molar-refractivity contribution is 7.12. The average molecular weight is 297 g/mol. The summed E-state index contributed by atoms with van der Waals surface area (Å²) in [5.41, 5.74) is 8.92. The van der Waals surface area contributed by atoms with Gasteiger partial charge in [-0.3, -0.25) is 4.98 Å². The summed E-state index contributed by atoms with van der Waals surface area (Å²) < 4.78 is 0. The molecule has 0 atom stereocenters. The number of hydrogen-bond donors (Lipinski definition) is 2. The minimum Gasteiger partial charge on any atom is -0.398 e. The van der Waals surface area contributed by atoms with Crippen molar-refractivity contribution in [1.29, 1.82) is 0 Å². The summed E-state index contributed by atoms with van der Waals surface area (Å²) >= 11 is 1.86. The highest BCUT2D eigenvalue weighted by atomic mass is 32.1. The van der Waals surface area contributed by atoms with Crippen molar-refractivity contribution in [3.8, 4) is 0 Å². The van der Waals surface area contributed by atoms with E-state index in [9.17, 15) is 0 Å². The van der Waals surface area contributed by atoms with E-state index in [1.807, 2.05) is 36.6 Å². The standard InChI is InChI=1S/C17H19N3S/c1-3-12-4-5-13(21-12)9-20-17-7-6-16(18)15-10-19-11(2)8-14(15)17/h4-8,10,20H,3,9,18H2,1-2H3. The van der Waals surface area contributed by atoms with Gasteiger partial charge in [-0.2, -0.15) is 0 Å². The molecule has 3 nitrogen and oxygen atoms in total. The maximum atomic E-state index is 6.04. The van der Waals surface area contributed by atoms with Gasteiger partial charge < -0.3 is 11.1 Å². The van der Waals surface area contributed by atoms with Gasteiger partial charge in [-0.05, 0) is 43.7 Å². The van der Waals surface area contributed by atoms with Crippen LogP contribution < -0.4 is 11.1 Å². The highest BCUT2D eigenvalue weighted by Crippen LogP contribution is 2.29. The molecule has 0 bridgehead atoms. The van der Waals surface area contributed by atoms with Crippen LogP contribution in [-0.2, 0) is 13.0 Å². The van der Waals surface area contributed by atoms with Gasteiger partial charge in [0.05, 0.1) is 0 Å². The van der Waals surface area contributed by atoms with Gasteiger partial charge >= 0.3 is 0 Å². The Bertz CT molecular complexity index is 777. The fraction of sp³-hybridized carbons (Fsp3) is 0.235. The fourth-order valence-corrected chi connectivity index (χ4v) is 3.31. The molecule has 3 rings (SSSR count). The third-order valence-electron chi connectivity index (χ3n) is 3.59. The predicted octanol–water partition coefficient (Wildman–Crippen LogP) is 4.36. The molecule has 3 aromatic rings. The Morgan fingerprint density at radius 3 is 2.71 bits per heavy atom.